The van der Waals surface area contributed by atoms with Crippen molar-refractivity contribution in [3.8, 4) is 0 Å². The molecule has 0 aromatic heterocycles. The van der Waals surface area contributed by atoms with Crippen molar-refractivity contribution in [1.29, 1.82) is 0 Å². The number of carboxylic acid groups (broad SMARTS) is 1. The summed E-state index contributed by atoms with van der Waals surface area (Å²) in [6.45, 7) is 3.75. The van der Waals surface area contributed by atoms with Crippen LogP contribution in [0.5, 0.6) is 0 Å². The molecule has 1 aromatic rings. The highest BCUT2D eigenvalue weighted by Crippen LogP contribution is 2.33. The van der Waals surface area contributed by atoms with E-state index in [1.807, 2.05) is 11.8 Å². The number of hydrogen-bond donors (Lipinski definition) is 1. The molecule has 2 fully saturated rings. The Morgan fingerprint density at radius 3 is 2.61 bits per heavy atom. The summed E-state index contributed by atoms with van der Waals surface area (Å²) in [6.07, 6.45) is 2.89. The summed E-state index contributed by atoms with van der Waals surface area (Å²) in [4.78, 5) is 28.3. The molecular weight excluding hydrogens is 292 g/mol. The Balaban J connectivity index is 1.76. The standard InChI is InChI=1S/C18H24N2O3/c1-3-15(18(22)23)13-4-6-14(7-5-13)17(21)20-9-8-12-10-16(20)19(2)11-12/h4-7,12,15-16H,3,8-11H2,1-2H3,(H,22,23). The molecule has 2 aliphatic rings. The highest BCUT2D eigenvalue weighted by Gasteiger charge is 2.40. The molecule has 2 aliphatic heterocycles. The van der Waals surface area contributed by atoms with Gasteiger partial charge in [0.15, 0.2) is 0 Å². The number of fused-ring (bicyclic) bond motifs is 2. The first-order valence-electron chi connectivity index (χ1n) is 8.35. The zero-order valence-corrected chi connectivity index (χ0v) is 13.7. The molecule has 2 bridgehead atoms. The molecule has 0 spiro atoms. The van der Waals surface area contributed by atoms with E-state index in [9.17, 15) is 14.7 Å². The van der Waals surface area contributed by atoms with Crippen LogP contribution in [0, 0.1) is 5.92 Å². The van der Waals surface area contributed by atoms with Crippen molar-refractivity contribution < 1.29 is 14.7 Å². The van der Waals surface area contributed by atoms with Crippen molar-refractivity contribution in [3.63, 3.8) is 0 Å². The molecule has 2 saturated heterocycles. The Kier molecular flexibility index (Phi) is 4.39. The minimum atomic E-state index is -0.818. The number of hydrogen-bond acceptors (Lipinski definition) is 3. The van der Waals surface area contributed by atoms with Crippen LogP contribution in [0.1, 0.15) is 48.0 Å². The topological polar surface area (TPSA) is 60.9 Å². The largest absolute Gasteiger partial charge is 0.481 e. The third-order valence-electron chi connectivity index (χ3n) is 5.26. The average molecular weight is 316 g/mol. The molecule has 1 amide bonds. The van der Waals surface area contributed by atoms with Crippen molar-refractivity contribution >= 4 is 11.9 Å². The molecule has 5 heteroatoms. The lowest BCUT2D eigenvalue weighted by Crippen LogP contribution is -2.47. The molecule has 1 N–H and O–H groups in total. The quantitative estimate of drug-likeness (QED) is 0.926. The van der Waals surface area contributed by atoms with Gasteiger partial charge in [0, 0.05) is 18.7 Å². The summed E-state index contributed by atoms with van der Waals surface area (Å²) < 4.78 is 0. The molecule has 0 radical (unpaired) electrons. The number of likely N-dealkylation sites (tertiary alicyclic amines) is 2. The van der Waals surface area contributed by atoms with Crippen molar-refractivity contribution in [3.05, 3.63) is 35.4 Å². The lowest BCUT2D eigenvalue weighted by atomic mass is 9.95. The number of aliphatic carboxylic acids is 1. The van der Waals surface area contributed by atoms with Gasteiger partial charge in [0.2, 0.25) is 0 Å². The van der Waals surface area contributed by atoms with Crippen molar-refractivity contribution in [2.75, 3.05) is 20.1 Å². The van der Waals surface area contributed by atoms with Crippen LogP contribution in [-0.2, 0) is 4.79 Å². The first-order valence-corrected chi connectivity index (χ1v) is 8.35. The van der Waals surface area contributed by atoms with Gasteiger partial charge in [-0.25, -0.2) is 0 Å². The molecule has 3 rings (SSSR count). The normalized spacial score (nSPS) is 25.4. The van der Waals surface area contributed by atoms with E-state index in [-0.39, 0.29) is 12.1 Å². The van der Waals surface area contributed by atoms with Crippen LogP contribution in [0.15, 0.2) is 24.3 Å². The molecule has 5 nitrogen and oxygen atoms in total. The smallest absolute Gasteiger partial charge is 0.310 e. The predicted molar refractivity (Wildman–Crippen MR) is 87.3 cm³/mol. The van der Waals surface area contributed by atoms with E-state index in [1.165, 1.54) is 0 Å². The number of benzene rings is 1. The van der Waals surface area contributed by atoms with E-state index >= 15 is 0 Å². The number of carbonyl (C=O) groups is 2. The molecule has 23 heavy (non-hydrogen) atoms. The summed E-state index contributed by atoms with van der Waals surface area (Å²) in [5.41, 5.74) is 1.40. The molecule has 2 heterocycles. The van der Waals surface area contributed by atoms with Gasteiger partial charge in [0.25, 0.3) is 5.91 Å². The van der Waals surface area contributed by atoms with Gasteiger partial charge >= 0.3 is 5.97 Å². The van der Waals surface area contributed by atoms with E-state index in [0.29, 0.717) is 12.0 Å². The molecule has 1 aromatic carbocycles. The Bertz CT molecular complexity index is 599. The monoisotopic (exact) mass is 316 g/mol. The molecular formula is C18H24N2O3. The Morgan fingerprint density at radius 2 is 2.00 bits per heavy atom. The van der Waals surface area contributed by atoms with Crippen LogP contribution in [0.25, 0.3) is 0 Å². The maximum Gasteiger partial charge on any atom is 0.310 e. The first kappa shape index (κ1) is 16.0. The van der Waals surface area contributed by atoms with Gasteiger partial charge in [-0.05, 0) is 49.9 Å². The van der Waals surface area contributed by atoms with E-state index < -0.39 is 11.9 Å². The van der Waals surface area contributed by atoms with Crippen LogP contribution >= 0.6 is 0 Å². The van der Waals surface area contributed by atoms with Crippen LogP contribution in [0.3, 0.4) is 0 Å². The summed E-state index contributed by atoms with van der Waals surface area (Å²) in [6, 6.07) is 7.09. The van der Waals surface area contributed by atoms with Gasteiger partial charge in [-0.15, -0.1) is 0 Å². The highest BCUT2D eigenvalue weighted by atomic mass is 16.4. The van der Waals surface area contributed by atoms with Crippen molar-refractivity contribution in [1.82, 2.24) is 9.80 Å². The maximum absolute atomic E-state index is 12.8. The second-order valence-corrected chi connectivity index (χ2v) is 6.73. The minimum Gasteiger partial charge on any atom is -0.481 e. The van der Waals surface area contributed by atoms with E-state index in [0.717, 1.165) is 37.4 Å². The molecule has 0 saturated carbocycles. The van der Waals surface area contributed by atoms with Gasteiger partial charge in [-0.3, -0.25) is 14.5 Å². The summed E-state index contributed by atoms with van der Waals surface area (Å²) in [5.74, 6) is -0.550. The van der Waals surface area contributed by atoms with Gasteiger partial charge < -0.3 is 10.0 Å². The van der Waals surface area contributed by atoms with Gasteiger partial charge in [-0.1, -0.05) is 19.1 Å². The highest BCUT2D eigenvalue weighted by molar-refractivity contribution is 5.94. The zero-order valence-electron chi connectivity index (χ0n) is 13.7. The number of amides is 1. The lowest BCUT2D eigenvalue weighted by molar-refractivity contribution is -0.138. The van der Waals surface area contributed by atoms with Gasteiger partial charge in [-0.2, -0.15) is 0 Å². The fourth-order valence-electron chi connectivity index (χ4n) is 3.94. The first-order chi connectivity index (χ1) is 11.0. The summed E-state index contributed by atoms with van der Waals surface area (Å²) in [7, 11) is 2.08. The molecule has 3 unspecified atom stereocenters. The van der Waals surface area contributed by atoms with Crippen LogP contribution in [0.2, 0.25) is 0 Å². The van der Waals surface area contributed by atoms with Crippen molar-refractivity contribution in [2.45, 2.75) is 38.3 Å². The number of rotatable bonds is 4. The number of nitrogens with zero attached hydrogens (tertiary/aromatic N) is 2. The fraction of sp³-hybridized carbons (Fsp3) is 0.556. The van der Waals surface area contributed by atoms with Crippen LogP contribution in [-0.4, -0.2) is 53.1 Å². The Labute approximate surface area is 136 Å². The summed E-state index contributed by atoms with van der Waals surface area (Å²) in [5, 5.41) is 9.23. The SMILES string of the molecule is CCC(C(=O)O)c1ccc(C(=O)N2CCC3CC2N(C)C3)cc1. The Hall–Kier alpha value is -1.88. The van der Waals surface area contributed by atoms with Crippen LogP contribution < -0.4 is 0 Å². The van der Waals surface area contributed by atoms with E-state index in [2.05, 4.69) is 11.9 Å². The van der Waals surface area contributed by atoms with E-state index in [1.54, 1.807) is 24.3 Å². The second-order valence-electron chi connectivity index (χ2n) is 6.73. The summed E-state index contributed by atoms with van der Waals surface area (Å²) >= 11 is 0. The van der Waals surface area contributed by atoms with Crippen molar-refractivity contribution in [2.24, 2.45) is 5.92 Å². The van der Waals surface area contributed by atoms with E-state index in [4.69, 9.17) is 0 Å². The lowest BCUT2D eigenvalue weighted by Gasteiger charge is -2.35. The predicted octanol–water partition coefficient (Wildman–Crippen LogP) is 2.39. The maximum atomic E-state index is 12.8. The molecule has 3 atom stereocenters. The zero-order chi connectivity index (χ0) is 16.6. The number of carbonyl (C=O) groups excluding carboxylic acids is 1. The number of piperidine rings is 1. The van der Waals surface area contributed by atoms with Gasteiger partial charge in [0.05, 0.1) is 12.1 Å². The minimum absolute atomic E-state index is 0.0529. The van der Waals surface area contributed by atoms with Gasteiger partial charge in [0.1, 0.15) is 0 Å². The third kappa shape index (κ3) is 2.98. The fourth-order valence-corrected chi connectivity index (χ4v) is 3.94. The third-order valence-corrected chi connectivity index (χ3v) is 5.26. The second kappa shape index (κ2) is 6.32. The molecule has 0 aliphatic carbocycles. The van der Waals surface area contributed by atoms with Crippen LogP contribution in [0.4, 0.5) is 0 Å². The molecule has 124 valence electrons. The number of carboxylic acids is 1. The Morgan fingerprint density at radius 1 is 1.30 bits per heavy atom. The average Bonchev–Trinajstić information content (AvgIpc) is 2.82.